The van der Waals surface area contributed by atoms with Crippen LogP contribution in [0.15, 0.2) is 237 Å². The van der Waals surface area contributed by atoms with Crippen LogP contribution in [0.1, 0.15) is 22.3 Å². The number of benzene rings is 9. The largest absolute Gasteiger partial charge is 0.457 e. The molecule has 6 nitrogen and oxygen atoms in total. The SMILES string of the molecule is c1ccc(-c2cc(-c3ccccc3)nc(-c3ccc(-c4cccc5c4C4(c6ccccc6Oc6ccccc64)c4c(-c6nc(-c7ccccc7)nc(-c7ccccc7)n6)cccc4-5)cc3)n2)cc1. The Hall–Kier alpha value is -9.13. The fourth-order valence-electron chi connectivity index (χ4n) is 10.3. The van der Waals surface area contributed by atoms with Crippen molar-refractivity contribution in [3.63, 3.8) is 0 Å². The van der Waals surface area contributed by atoms with E-state index in [0.717, 1.165) is 95.2 Å². The molecule has 1 spiro atoms. The molecule has 2 aliphatic rings. The standard InChI is InChI=1S/C62H39N5O/c1-5-19-41(20-6-1)52-39-53(42-21-7-2-8-22-42)64-58(63-52)45-37-35-40(36-38-45)46-27-17-28-47-48-29-18-30-49(61-66-59(43-23-9-3-10-24-43)65-60(67-61)44-25-11-4-12-26-44)57(48)62(56(46)47)50-31-13-15-33-54(50)68-55-34-16-14-32-51(55)62/h1-39H. The zero-order valence-corrected chi connectivity index (χ0v) is 36.7. The van der Waals surface area contributed by atoms with Gasteiger partial charge in [-0.05, 0) is 51.6 Å². The van der Waals surface area contributed by atoms with Crippen molar-refractivity contribution >= 4 is 0 Å². The number of rotatable bonds is 7. The van der Waals surface area contributed by atoms with Crippen LogP contribution in [0, 0.1) is 0 Å². The first-order chi connectivity index (χ1) is 33.7. The maximum absolute atomic E-state index is 6.83. The highest BCUT2D eigenvalue weighted by atomic mass is 16.5. The average Bonchev–Trinajstić information content (AvgIpc) is 3.72. The Morgan fingerprint density at radius 1 is 0.265 bits per heavy atom. The summed E-state index contributed by atoms with van der Waals surface area (Å²) in [5, 5.41) is 0. The predicted octanol–water partition coefficient (Wildman–Crippen LogP) is 14.8. The van der Waals surface area contributed by atoms with Gasteiger partial charge in [0, 0.05) is 44.5 Å². The van der Waals surface area contributed by atoms with Gasteiger partial charge in [0.05, 0.1) is 16.8 Å². The van der Waals surface area contributed by atoms with E-state index in [1.807, 2.05) is 72.8 Å². The summed E-state index contributed by atoms with van der Waals surface area (Å²) in [5.74, 6) is 4.10. The minimum absolute atomic E-state index is 0.599. The van der Waals surface area contributed by atoms with E-state index >= 15 is 0 Å². The minimum Gasteiger partial charge on any atom is -0.457 e. The van der Waals surface area contributed by atoms with Gasteiger partial charge in [0.25, 0.3) is 0 Å². The Kier molecular flexibility index (Phi) is 9.29. The van der Waals surface area contributed by atoms with Crippen LogP contribution in [0.3, 0.4) is 0 Å². The topological polar surface area (TPSA) is 73.7 Å². The van der Waals surface area contributed by atoms with Crippen molar-refractivity contribution in [2.45, 2.75) is 5.41 Å². The van der Waals surface area contributed by atoms with Crippen LogP contribution in [0.4, 0.5) is 0 Å². The van der Waals surface area contributed by atoms with Crippen molar-refractivity contribution in [1.29, 1.82) is 0 Å². The Bertz CT molecular complexity index is 3530. The molecule has 9 aromatic carbocycles. The number of para-hydroxylation sites is 2. The van der Waals surface area contributed by atoms with Crippen molar-refractivity contribution in [2.24, 2.45) is 0 Å². The van der Waals surface area contributed by atoms with E-state index in [-0.39, 0.29) is 0 Å². The van der Waals surface area contributed by atoms with Crippen LogP contribution < -0.4 is 4.74 Å². The third-order valence-electron chi connectivity index (χ3n) is 13.2. The summed E-state index contributed by atoms with van der Waals surface area (Å²) in [6.45, 7) is 0. The zero-order chi connectivity index (χ0) is 45.0. The van der Waals surface area contributed by atoms with Crippen molar-refractivity contribution in [2.75, 3.05) is 0 Å². The van der Waals surface area contributed by atoms with Crippen molar-refractivity contribution < 1.29 is 4.74 Å². The highest BCUT2D eigenvalue weighted by Gasteiger charge is 2.53. The van der Waals surface area contributed by atoms with Crippen molar-refractivity contribution in [1.82, 2.24) is 24.9 Å². The molecule has 0 saturated heterocycles. The van der Waals surface area contributed by atoms with E-state index in [2.05, 4.69) is 164 Å². The lowest BCUT2D eigenvalue weighted by Gasteiger charge is -2.41. The van der Waals surface area contributed by atoms with Gasteiger partial charge in [-0.15, -0.1) is 0 Å². The summed E-state index contributed by atoms with van der Waals surface area (Å²) in [6.07, 6.45) is 0. The van der Waals surface area contributed by atoms with E-state index in [0.29, 0.717) is 23.3 Å². The Labute approximate surface area is 394 Å². The molecule has 13 rings (SSSR count). The molecular formula is C62H39N5O. The van der Waals surface area contributed by atoms with Gasteiger partial charge in [0.15, 0.2) is 23.3 Å². The van der Waals surface area contributed by atoms with Crippen LogP contribution in [0.2, 0.25) is 0 Å². The van der Waals surface area contributed by atoms with Crippen molar-refractivity contribution in [3.05, 3.63) is 259 Å². The van der Waals surface area contributed by atoms with Crippen molar-refractivity contribution in [3.8, 4) is 102 Å². The summed E-state index contributed by atoms with van der Waals surface area (Å²) < 4.78 is 6.83. The number of hydrogen-bond acceptors (Lipinski definition) is 6. The average molecular weight is 870 g/mol. The molecule has 0 unspecified atom stereocenters. The van der Waals surface area contributed by atoms with E-state index in [1.54, 1.807) is 0 Å². The summed E-state index contributed by atoms with van der Waals surface area (Å²) in [4.78, 5) is 26.1. The highest BCUT2D eigenvalue weighted by Crippen LogP contribution is 2.65. The second-order valence-electron chi connectivity index (χ2n) is 17.1. The molecule has 0 N–H and O–H groups in total. The Balaban J connectivity index is 1.04. The fourth-order valence-corrected chi connectivity index (χ4v) is 10.3. The smallest absolute Gasteiger partial charge is 0.164 e. The third kappa shape index (κ3) is 6.38. The molecule has 0 radical (unpaired) electrons. The first-order valence-electron chi connectivity index (χ1n) is 22.8. The summed E-state index contributed by atoms with van der Waals surface area (Å²) >= 11 is 0. The number of fused-ring (bicyclic) bond motifs is 9. The molecule has 0 bridgehead atoms. The third-order valence-corrected chi connectivity index (χ3v) is 13.2. The van der Waals surface area contributed by atoms with Gasteiger partial charge in [-0.3, -0.25) is 0 Å². The van der Waals surface area contributed by atoms with Gasteiger partial charge in [0.1, 0.15) is 11.5 Å². The van der Waals surface area contributed by atoms with Crippen LogP contribution in [-0.2, 0) is 5.41 Å². The van der Waals surface area contributed by atoms with Gasteiger partial charge in [-0.25, -0.2) is 24.9 Å². The van der Waals surface area contributed by atoms with Crippen LogP contribution in [0.25, 0.3) is 90.3 Å². The minimum atomic E-state index is -0.841. The van der Waals surface area contributed by atoms with Crippen LogP contribution >= 0.6 is 0 Å². The zero-order valence-electron chi connectivity index (χ0n) is 36.7. The molecule has 3 heterocycles. The molecule has 0 amide bonds. The molecule has 0 fully saturated rings. The molecule has 11 aromatic rings. The van der Waals surface area contributed by atoms with Gasteiger partial charge >= 0.3 is 0 Å². The predicted molar refractivity (Wildman–Crippen MR) is 271 cm³/mol. The van der Waals surface area contributed by atoms with E-state index in [9.17, 15) is 0 Å². The summed E-state index contributed by atoms with van der Waals surface area (Å²) in [5.41, 5.74) is 15.5. The van der Waals surface area contributed by atoms with Crippen LogP contribution in [-0.4, -0.2) is 24.9 Å². The molecule has 6 heteroatoms. The van der Waals surface area contributed by atoms with Gasteiger partial charge in [-0.2, -0.15) is 0 Å². The number of aromatic nitrogens is 5. The molecule has 68 heavy (non-hydrogen) atoms. The molecule has 2 aromatic heterocycles. The normalized spacial score (nSPS) is 12.6. The Morgan fingerprint density at radius 3 is 1.15 bits per heavy atom. The monoisotopic (exact) mass is 869 g/mol. The fraction of sp³-hybridized carbons (Fsp3) is 0.0161. The van der Waals surface area contributed by atoms with Gasteiger partial charge in [0.2, 0.25) is 0 Å². The maximum Gasteiger partial charge on any atom is 0.164 e. The lowest BCUT2D eigenvalue weighted by atomic mass is 9.63. The molecule has 318 valence electrons. The molecule has 0 atom stereocenters. The second kappa shape index (κ2) is 16.1. The number of hydrogen-bond donors (Lipinski definition) is 0. The molecular weight excluding hydrogens is 831 g/mol. The molecule has 0 saturated carbocycles. The van der Waals surface area contributed by atoms with E-state index in [1.165, 1.54) is 5.56 Å². The van der Waals surface area contributed by atoms with E-state index < -0.39 is 5.41 Å². The molecule has 1 aliphatic heterocycles. The quantitative estimate of drug-likeness (QED) is 0.159. The highest BCUT2D eigenvalue weighted by molar-refractivity contribution is 5.98. The molecule has 1 aliphatic carbocycles. The van der Waals surface area contributed by atoms with E-state index in [4.69, 9.17) is 29.7 Å². The summed E-state index contributed by atoms with van der Waals surface area (Å²) in [6, 6.07) is 82.0. The lowest BCUT2D eigenvalue weighted by Crippen LogP contribution is -2.33. The number of nitrogens with zero attached hydrogens (tertiary/aromatic N) is 5. The maximum atomic E-state index is 6.83. The number of ether oxygens (including phenoxy) is 1. The van der Waals surface area contributed by atoms with Gasteiger partial charge < -0.3 is 4.74 Å². The van der Waals surface area contributed by atoms with Crippen LogP contribution in [0.5, 0.6) is 11.5 Å². The second-order valence-corrected chi connectivity index (χ2v) is 17.1. The van der Waals surface area contributed by atoms with Gasteiger partial charge in [-0.1, -0.05) is 218 Å². The first-order valence-corrected chi connectivity index (χ1v) is 22.8. The summed E-state index contributed by atoms with van der Waals surface area (Å²) in [7, 11) is 0. The lowest BCUT2D eigenvalue weighted by molar-refractivity contribution is 0.436. The first kappa shape index (κ1) is 39.3. The Morgan fingerprint density at radius 2 is 0.632 bits per heavy atom.